The molecule has 3 rings (SSSR count). The largest absolute Gasteiger partial charge is 0.497 e. The van der Waals surface area contributed by atoms with Gasteiger partial charge in [-0.1, -0.05) is 12.6 Å². The van der Waals surface area contributed by atoms with Gasteiger partial charge in [-0.25, -0.2) is 15.0 Å². The molecule has 0 unspecified atom stereocenters. The van der Waals surface area contributed by atoms with Crippen molar-refractivity contribution >= 4 is 23.2 Å². The topological polar surface area (TPSA) is 98.3 Å². The van der Waals surface area contributed by atoms with E-state index in [0.29, 0.717) is 35.8 Å². The van der Waals surface area contributed by atoms with Crippen molar-refractivity contribution in [3.63, 3.8) is 0 Å². The first-order chi connectivity index (χ1) is 17.1. The summed E-state index contributed by atoms with van der Waals surface area (Å²) in [5.41, 5.74) is 1.52. The maximum absolute atomic E-state index is 13.7. The van der Waals surface area contributed by atoms with Gasteiger partial charge in [-0.05, 0) is 49.5 Å². The summed E-state index contributed by atoms with van der Waals surface area (Å²) in [5, 5.41) is 5.65. The Labute approximate surface area is 206 Å². The highest BCUT2D eigenvalue weighted by molar-refractivity contribution is 5.99. The van der Waals surface area contributed by atoms with E-state index >= 15 is 0 Å². The van der Waals surface area contributed by atoms with E-state index in [-0.39, 0.29) is 18.1 Å². The Morgan fingerprint density at radius 1 is 1.08 bits per heavy atom. The molecule has 11 heteroatoms. The number of ether oxygens (including phenoxy) is 2. The fourth-order valence-electron chi connectivity index (χ4n) is 3.42. The molecule has 0 aliphatic heterocycles. The molecule has 0 spiro atoms. The molecule has 0 aliphatic carbocycles. The van der Waals surface area contributed by atoms with Gasteiger partial charge in [-0.15, -0.1) is 0 Å². The normalized spacial score (nSPS) is 11.1. The molecule has 1 amide bonds. The third-order valence-electron chi connectivity index (χ3n) is 5.33. The molecule has 36 heavy (non-hydrogen) atoms. The summed E-state index contributed by atoms with van der Waals surface area (Å²) >= 11 is 0. The zero-order chi connectivity index (χ0) is 26.3. The van der Waals surface area contributed by atoms with Crippen LogP contribution in [0.3, 0.4) is 0 Å². The predicted octanol–water partition coefficient (Wildman–Crippen LogP) is 5.26. The number of methoxy groups -OCH3 is 2. The number of halogens is 3. The van der Waals surface area contributed by atoms with Gasteiger partial charge < -0.3 is 20.1 Å². The Kier molecular flexibility index (Phi) is 8.46. The molecule has 8 nitrogen and oxygen atoms in total. The summed E-state index contributed by atoms with van der Waals surface area (Å²) in [6.07, 6.45) is -0.357. The highest BCUT2D eigenvalue weighted by Crippen LogP contribution is 2.33. The van der Waals surface area contributed by atoms with Gasteiger partial charge in [0.15, 0.2) is 0 Å². The number of pyridine rings is 1. The summed E-state index contributed by atoms with van der Waals surface area (Å²) in [5.74, 6) is 0.497. The Bertz CT molecular complexity index is 1250. The zero-order valence-corrected chi connectivity index (χ0v) is 20.1. The molecule has 0 aliphatic rings. The van der Waals surface area contributed by atoms with Crippen LogP contribution in [0.1, 0.15) is 28.8 Å². The second-order valence-electron chi connectivity index (χ2n) is 7.79. The first-order valence-corrected chi connectivity index (χ1v) is 11.0. The maximum atomic E-state index is 13.7. The Balaban J connectivity index is 1.83. The van der Waals surface area contributed by atoms with Gasteiger partial charge >= 0.3 is 6.18 Å². The first-order valence-electron chi connectivity index (χ1n) is 11.0. The minimum atomic E-state index is -4.60. The fraction of sp³-hybridized carbons (Fsp3) is 0.280. The van der Waals surface area contributed by atoms with Crippen molar-refractivity contribution in [3.8, 4) is 11.6 Å². The van der Waals surface area contributed by atoms with E-state index in [4.69, 9.17) is 9.47 Å². The van der Waals surface area contributed by atoms with Gasteiger partial charge in [0.25, 0.3) is 0 Å². The lowest BCUT2D eigenvalue weighted by Crippen LogP contribution is -2.14. The van der Waals surface area contributed by atoms with E-state index in [1.54, 1.807) is 37.4 Å². The SMILES string of the molecule is C=CC(=O)Nc1cc(OC)ccc1CCCc1nc(Nc2cc(OC)ncc2C)ncc1C(F)(F)F. The van der Waals surface area contributed by atoms with E-state index in [9.17, 15) is 18.0 Å². The zero-order valence-electron chi connectivity index (χ0n) is 20.1. The number of anilines is 3. The van der Waals surface area contributed by atoms with Crippen LogP contribution < -0.4 is 20.1 Å². The van der Waals surface area contributed by atoms with Gasteiger partial charge in [0, 0.05) is 30.2 Å². The van der Waals surface area contributed by atoms with Gasteiger partial charge in [0.1, 0.15) is 5.75 Å². The van der Waals surface area contributed by atoms with Crippen molar-refractivity contribution in [2.45, 2.75) is 32.4 Å². The lowest BCUT2D eigenvalue weighted by molar-refractivity contribution is -0.138. The second kappa shape index (κ2) is 11.5. The lowest BCUT2D eigenvalue weighted by Gasteiger charge is -2.15. The quantitative estimate of drug-likeness (QED) is 0.366. The van der Waals surface area contributed by atoms with Crippen molar-refractivity contribution < 1.29 is 27.4 Å². The number of amides is 1. The first kappa shape index (κ1) is 26.5. The van der Waals surface area contributed by atoms with Crippen molar-refractivity contribution in [1.29, 1.82) is 0 Å². The summed E-state index contributed by atoms with van der Waals surface area (Å²) in [6, 6.07) is 6.74. The number of hydrogen-bond acceptors (Lipinski definition) is 7. The molecule has 1 aromatic carbocycles. The average molecular weight is 502 g/mol. The third kappa shape index (κ3) is 6.71. The van der Waals surface area contributed by atoms with Gasteiger partial charge in [0.05, 0.1) is 31.2 Å². The van der Waals surface area contributed by atoms with E-state index < -0.39 is 17.6 Å². The van der Waals surface area contributed by atoms with Crippen LogP contribution in [0.2, 0.25) is 0 Å². The second-order valence-corrected chi connectivity index (χ2v) is 7.79. The molecule has 0 radical (unpaired) electrons. The number of hydrogen-bond donors (Lipinski definition) is 2. The van der Waals surface area contributed by atoms with E-state index in [1.165, 1.54) is 14.2 Å². The number of nitrogens with zero attached hydrogens (tertiary/aromatic N) is 3. The monoisotopic (exact) mass is 501 g/mol. The van der Waals surface area contributed by atoms with Crippen molar-refractivity contribution in [1.82, 2.24) is 15.0 Å². The Hall–Kier alpha value is -4.15. The molecule has 190 valence electrons. The third-order valence-corrected chi connectivity index (χ3v) is 5.33. The number of aryl methyl sites for hydroxylation is 3. The molecule has 0 bridgehead atoms. The molecule has 0 fully saturated rings. The average Bonchev–Trinajstić information content (AvgIpc) is 2.85. The highest BCUT2D eigenvalue weighted by Gasteiger charge is 2.34. The van der Waals surface area contributed by atoms with E-state index in [2.05, 4.69) is 32.2 Å². The van der Waals surface area contributed by atoms with Crippen molar-refractivity contribution in [3.05, 3.63) is 71.7 Å². The van der Waals surface area contributed by atoms with Crippen molar-refractivity contribution in [2.75, 3.05) is 24.9 Å². The van der Waals surface area contributed by atoms with Crippen LogP contribution in [0.15, 0.2) is 49.3 Å². The molecule has 2 aromatic heterocycles. The summed E-state index contributed by atoms with van der Waals surface area (Å²) in [6.45, 7) is 5.23. The van der Waals surface area contributed by atoms with E-state index in [1.807, 2.05) is 0 Å². The van der Waals surface area contributed by atoms with Crippen LogP contribution in [0.25, 0.3) is 0 Å². The molecule has 0 saturated heterocycles. The molecular formula is C25H26F3N5O3. The van der Waals surface area contributed by atoms with Crippen LogP contribution in [0.4, 0.5) is 30.5 Å². The summed E-state index contributed by atoms with van der Waals surface area (Å²) < 4.78 is 51.3. The fourth-order valence-corrected chi connectivity index (χ4v) is 3.42. The van der Waals surface area contributed by atoms with Crippen LogP contribution in [0, 0.1) is 6.92 Å². The van der Waals surface area contributed by atoms with Crippen molar-refractivity contribution in [2.24, 2.45) is 0 Å². The standard InChI is InChI=1S/C25H26F3N5O3/c1-5-22(34)31-21-11-17(35-3)10-9-16(21)7-6-8-19-18(25(26,27)28)14-30-24(32-19)33-20-12-23(36-4)29-13-15(20)2/h5,9-14H,1,6-8H2,2-4H3,(H,31,34)(H,29,30,32,33). The number of aromatic nitrogens is 3. The minimum Gasteiger partial charge on any atom is -0.497 e. The number of benzene rings is 1. The number of alkyl halides is 3. The van der Waals surface area contributed by atoms with Crippen LogP contribution in [-0.2, 0) is 23.8 Å². The number of carbonyl (C=O) groups excluding carboxylic acids is 1. The number of rotatable bonds is 10. The molecule has 2 N–H and O–H groups in total. The highest BCUT2D eigenvalue weighted by atomic mass is 19.4. The molecule has 3 aromatic rings. The lowest BCUT2D eigenvalue weighted by atomic mass is 10.0. The Morgan fingerprint density at radius 3 is 2.53 bits per heavy atom. The van der Waals surface area contributed by atoms with Gasteiger partial charge in [-0.2, -0.15) is 13.2 Å². The van der Waals surface area contributed by atoms with Crippen LogP contribution in [-0.4, -0.2) is 35.1 Å². The number of carbonyl (C=O) groups is 1. The van der Waals surface area contributed by atoms with Crippen LogP contribution >= 0.6 is 0 Å². The van der Waals surface area contributed by atoms with Gasteiger partial charge in [-0.3, -0.25) is 4.79 Å². The smallest absolute Gasteiger partial charge is 0.419 e. The molecule has 2 heterocycles. The maximum Gasteiger partial charge on any atom is 0.419 e. The minimum absolute atomic E-state index is 0.0257. The summed E-state index contributed by atoms with van der Waals surface area (Å²) in [4.78, 5) is 23.9. The van der Waals surface area contributed by atoms with Crippen LogP contribution in [0.5, 0.6) is 11.6 Å². The van der Waals surface area contributed by atoms with Gasteiger partial charge in [0.2, 0.25) is 17.7 Å². The Morgan fingerprint density at radius 2 is 1.86 bits per heavy atom. The summed E-state index contributed by atoms with van der Waals surface area (Å²) in [7, 11) is 2.96. The molecule has 0 saturated carbocycles. The number of nitrogens with one attached hydrogen (secondary N) is 2. The predicted molar refractivity (Wildman–Crippen MR) is 130 cm³/mol. The molecule has 0 atom stereocenters. The molecular weight excluding hydrogens is 475 g/mol. The van der Waals surface area contributed by atoms with E-state index in [0.717, 1.165) is 23.4 Å².